The molecule has 6 nitrogen and oxygen atoms in total. The standard InChI is InChI=1S/C23H29N3O3/c1-29-21-6-2-4-17(14-21)11-13-25-22(27)19-7-9-20(10-8-19)23(28)26-16-18-5-3-12-24-15-18/h2-6,12,14-15,19-20H,7-11,13,16H2,1H3,(H,25,27)(H,26,28). The number of amides is 2. The normalized spacial score (nSPS) is 18.7. The Bertz CT molecular complexity index is 802. The number of carbonyl (C=O) groups excluding carboxylic acids is 2. The van der Waals surface area contributed by atoms with Crippen molar-refractivity contribution in [2.75, 3.05) is 13.7 Å². The molecule has 0 spiro atoms. The van der Waals surface area contributed by atoms with Crippen LogP contribution in [0.1, 0.15) is 36.8 Å². The van der Waals surface area contributed by atoms with Crippen LogP contribution < -0.4 is 15.4 Å². The van der Waals surface area contributed by atoms with Crippen LogP contribution in [0.15, 0.2) is 48.8 Å². The van der Waals surface area contributed by atoms with Gasteiger partial charge in [0, 0.05) is 37.3 Å². The zero-order valence-electron chi connectivity index (χ0n) is 16.9. The number of hydrogen-bond acceptors (Lipinski definition) is 4. The van der Waals surface area contributed by atoms with E-state index in [1.807, 2.05) is 36.4 Å². The summed E-state index contributed by atoms with van der Waals surface area (Å²) >= 11 is 0. The van der Waals surface area contributed by atoms with Gasteiger partial charge in [0.05, 0.1) is 7.11 Å². The molecule has 29 heavy (non-hydrogen) atoms. The van der Waals surface area contributed by atoms with Crippen LogP contribution in [0.25, 0.3) is 0 Å². The summed E-state index contributed by atoms with van der Waals surface area (Å²) in [7, 11) is 1.65. The van der Waals surface area contributed by atoms with Gasteiger partial charge in [-0.15, -0.1) is 0 Å². The molecule has 2 aromatic rings. The second-order valence-electron chi connectivity index (χ2n) is 7.52. The molecule has 0 saturated heterocycles. The maximum atomic E-state index is 12.5. The van der Waals surface area contributed by atoms with E-state index < -0.39 is 0 Å². The SMILES string of the molecule is COc1cccc(CCNC(=O)C2CCC(C(=O)NCc3cccnc3)CC2)c1. The molecule has 1 aromatic carbocycles. The maximum Gasteiger partial charge on any atom is 0.223 e. The van der Waals surface area contributed by atoms with Crippen molar-refractivity contribution in [1.29, 1.82) is 0 Å². The third-order valence-corrected chi connectivity index (χ3v) is 5.51. The summed E-state index contributed by atoms with van der Waals surface area (Å²) in [6.07, 6.45) is 7.28. The van der Waals surface area contributed by atoms with Gasteiger partial charge in [0.25, 0.3) is 0 Å². The third-order valence-electron chi connectivity index (χ3n) is 5.51. The molecule has 154 valence electrons. The highest BCUT2D eigenvalue weighted by molar-refractivity contribution is 5.81. The van der Waals surface area contributed by atoms with Gasteiger partial charge in [-0.3, -0.25) is 14.6 Å². The minimum absolute atomic E-state index is 0.00248. The molecule has 1 heterocycles. The minimum Gasteiger partial charge on any atom is -0.497 e. The number of nitrogens with zero attached hydrogens (tertiary/aromatic N) is 1. The fourth-order valence-corrected chi connectivity index (χ4v) is 3.76. The summed E-state index contributed by atoms with van der Waals surface area (Å²) in [4.78, 5) is 28.9. The van der Waals surface area contributed by atoms with Crippen LogP contribution >= 0.6 is 0 Å². The number of aromatic nitrogens is 1. The molecule has 0 unspecified atom stereocenters. The number of nitrogens with one attached hydrogen (secondary N) is 2. The summed E-state index contributed by atoms with van der Waals surface area (Å²) in [6.45, 7) is 1.11. The van der Waals surface area contributed by atoms with Crippen molar-refractivity contribution in [1.82, 2.24) is 15.6 Å². The summed E-state index contributed by atoms with van der Waals surface area (Å²) in [6, 6.07) is 11.7. The van der Waals surface area contributed by atoms with Crippen molar-refractivity contribution < 1.29 is 14.3 Å². The first-order valence-corrected chi connectivity index (χ1v) is 10.2. The highest BCUT2D eigenvalue weighted by Crippen LogP contribution is 2.29. The van der Waals surface area contributed by atoms with Crippen LogP contribution in [0, 0.1) is 11.8 Å². The number of hydrogen-bond donors (Lipinski definition) is 2. The van der Waals surface area contributed by atoms with E-state index in [-0.39, 0.29) is 23.7 Å². The van der Waals surface area contributed by atoms with Crippen molar-refractivity contribution in [3.63, 3.8) is 0 Å². The average Bonchev–Trinajstić information content (AvgIpc) is 2.78. The second-order valence-corrected chi connectivity index (χ2v) is 7.52. The predicted molar refractivity (Wildman–Crippen MR) is 111 cm³/mol. The van der Waals surface area contributed by atoms with E-state index in [4.69, 9.17) is 4.74 Å². The van der Waals surface area contributed by atoms with Crippen molar-refractivity contribution in [3.8, 4) is 5.75 Å². The Morgan fingerprint density at radius 2 is 1.69 bits per heavy atom. The van der Waals surface area contributed by atoms with Crippen LogP contribution in [-0.2, 0) is 22.6 Å². The van der Waals surface area contributed by atoms with Gasteiger partial charge in [0.1, 0.15) is 5.75 Å². The molecular formula is C23H29N3O3. The first kappa shape index (κ1) is 20.8. The fourth-order valence-electron chi connectivity index (χ4n) is 3.76. The number of carbonyl (C=O) groups is 2. The van der Waals surface area contributed by atoms with E-state index in [0.29, 0.717) is 13.1 Å². The lowest BCUT2D eigenvalue weighted by Crippen LogP contribution is -2.37. The molecule has 1 aliphatic rings. The first-order chi connectivity index (χ1) is 14.2. The molecule has 0 radical (unpaired) electrons. The van der Waals surface area contributed by atoms with Crippen LogP contribution in [0.5, 0.6) is 5.75 Å². The van der Waals surface area contributed by atoms with E-state index in [9.17, 15) is 9.59 Å². The summed E-state index contributed by atoms with van der Waals surface area (Å²) < 4.78 is 5.23. The van der Waals surface area contributed by atoms with Gasteiger partial charge >= 0.3 is 0 Å². The highest BCUT2D eigenvalue weighted by atomic mass is 16.5. The molecule has 1 aliphatic carbocycles. The molecule has 1 aromatic heterocycles. The number of benzene rings is 1. The van der Waals surface area contributed by atoms with Gasteiger partial charge in [0.15, 0.2) is 0 Å². The van der Waals surface area contributed by atoms with E-state index in [1.165, 1.54) is 0 Å². The summed E-state index contributed by atoms with van der Waals surface area (Å²) in [5.41, 5.74) is 2.13. The lowest BCUT2D eigenvalue weighted by molar-refractivity contribution is -0.130. The van der Waals surface area contributed by atoms with E-state index in [1.54, 1.807) is 19.5 Å². The Morgan fingerprint density at radius 3 is 2.34 bits per heavy atom. The number of pyridine rings is 1. The lowest BCUT2D eigenvalue weighted by atomic mass is 9.81. The fraction of sp³-hybridized carbons (Fsp3) is 0.435. The smallest absolute Gasteiger partial charge is 0.223 e. The zero-order valence-corrected chi connectivity index (χ0v) is 16.9. The molecule has 1 saturated carbocycles. The molecule has 2 N–H and O–H groups in total. The minimum atomic E-state index is -0.00694. The third kappa shape index (κ3) is 6.31. The van der Waals surface area contributed by atoms with Gasteiger partial charge in [0.2, 0.25) is 11.8 Å². The summed E-state index contributed by atoms with van der Waals surface area (Å²) in [5, 5.41) is 6.03. The predicted octanol–water partition coefficient (Wildman–Crippen LogP) is 2.87. The van der Waals surface area contributed by atoms with Gasteiger partial charge < -0.3 is 15.4 Å². The number of rotatable bonds is 8. The molecule has 0 bridgehead atoms. The Balaban J connectivity index is 1.36. The van der Waals surface area contributed by atoms with Crippen molar-refractivity contribution in [2.45, 2.75) is 38.6 Å². The van der Waals surface area contributed by atoms with Crippen molar-refractivity contribution >= 4 is 11.8 Å². The second kappa shape index (κ2) is 10.6. The van der Waals surface area contributed by atoms with Crippen molar-refractivity contribution in [3.05, 3.63) is 59.9 Å². The first-order valence-electron chi connectivity index (χ1n) is 10.2. The van der Waals surface area contributed by atoms with Gasteiger partial charge in [-0.25, -0.2) is 0 Å². The Labute approximate surface area is 172 Å². The van der Waals surface area contributed by atoms with Crippen LogP contribution in [-0.4, -0.2) is 30.5 Å². The Kier molecular flexibility index (Phi) is 7.61. The van der Waals surface area contributed by atoms with Crippen LogP contribution in [0.3, 0.4) is 0 Å². The largest absolute Gasteiger partial charge is 0.497 e. The van der Waals surface area contributed by atoms with Gasteiger partial charge in [-0.1, -0.05) is 18.2 Å². The quantitative estimate of drug-likeness (QED) is 0.720. The van der Waals surface area contributed by atoms with E-state index in [2.05, 4.69) is 15.6 Å². The van der Waals surface area contributed by atoms with Gasteiger partial charge in [-0.2, -0.15) is 0 Å². The maximum absolute atomic E-state index is 12.5. The molecule has 3 rings (SSSR count). The molecular weight excluding hydrogens is 366 g/mol. The molecule has 6 heteroatoms. The molecule has 0 atom stereocenters. The Hall–Kier alpha value is -2.89. The van der Waals surface area contributed by atoms with E-state index >= 15 is 0 Å². The average molecular weight is 396 g/mol. The topological polar surface area (TPSA) is 80.3 Å². The highest BCUT2D eigenvalue weighted by Gasteiger charge is 2.29. The summed E-state index contributed by atoms with van der Waals surface area (Å²) in [5.74, 6) is 0.997. The zero-order chi connectivity index (χ0) is 20.5. The monoisotopic (exact) mass is 395 g/mol. The number of ether oxygens (including phenoxy) is 1. The van der Waals surface area contributed by atoms with Gasteiger partial charge in [-0.05, 0) is 61.4 Å². The van der Waals surface area contributed by atoms with Crippen molar-refractivity contribution in [2.24, 2.45) is 11.8 Å². The molecule has 2 amide bonds. The molecule has 0 aliphatic heterocycles. The van der Waals surface area contributed by atoms with E-state index in [0.717, 1.165) is 49.0 Å². The Morgan fingerprint density at radius 1 is 1.00 bits per heavy atom. The van der Waals surface area contributed by atoms with Crippen LogP contribution in [0.4, 0.5) is 0 Å². The number of methoxy groups -OCH3 is 1. The van der Waals surface area contributed by atoms with Crippen LogP contribution in [0.2, 0.25) is 0 Å². The lowest BCUT2D eigenvalue weighted by Gasteiger charge is -2.27. The molecule has 1 fully saturated rings.